The molecule has 2 aromatic rings. The molecule has 0 aromatic heterocycles. The summed E-state index contributed by atoms with van der Waals surface area (Å²) in [6.07, 6.45) is 6.74. The van der Waals surface area contributed by atoms with Gasteiger partial charge in [0, 0.05) is 6.54 Å². The van der Waals surface area contributed by atoms with E-state index in [0.717, 1.165) is 37.2 Å². The van der Waals surface area contributed by atoms with Crippen molar-refractivity contribution in [2.24, 2.45) is 0 Å². The van der Waals surface area contributed by atoms with Gasteiger partial charge in [-0.15, -0.1) is 0 Å². The monoisotopic (exact) mass is 381 g/mol. The third-order valence-electron chi connectivity index (χ3n) is 4.92. The molecule has 0 saturated carbocycles. The third-order valence-corrected chi connectivity index (χ3v) is 4.92. The first-order valence-corrected chi connectivity index (χ1v) is 10.4. The summed E-state index contributed by atoms with van der Waals surface area (Å²) in [7, 11) is 0. The van der Waals surface area contributed by atoms with Crippen LogP contribution in [0.2, 0.25) is 0 Å². The van der Waals surface area contributed by atoms with Gasteiger partial charge in [-0.25, -0.2) is 0 Å². The molecule has 150 valence electrons. The highest BCUT2D eigenvalue weighted by atomic mass is 16.5. The van der Waals surface area contributed by atoms with Gasteiger partial charge in [0.1, 0.15) is 11.5 Å². The van der Waals surface area contributed by atoms with Crippen LogP contribution in [0.4, 0.5) is 0 Å². The maximum absolute atomic E-state index is 12.0. The number of rotatable bonds is 9. The van der Waals surface area contributed by atoms with Crippen LogP contribution in [0, 0.1) is 0 Å². The molecular formula is C24H31NO3. The molecule has 4 heteroatoms. The molecule has 1 N–H and O–H groups in total. The molecule has 0 atom stereocenters. The fourth-order valence-electron chi connectivity index (χ4n) is 3.57. The van der Waals surface area contributed by atoms with Crippen molar-refractivity contribution in [3.63, 3.8) is 0 Å². The van der Waals surface area contributed by atoms with Crippen molar-refractivity contribution >= 4 is 5.91 Å². The maximum atomic E-state index is 12.0. The lowest BCUT2D eigenvalue weighted by molar-refractivity contribution is -0.123. The van der Waals surface area contributed by atoms with Crippen molar-refractivity contribution in [3.8, 4) is 11.5 Å². The molecule has 0 saturated heterocycles. The van der Waals surface area contributed by atoms with Crippen LogP contribution in [-0.4, -0.2) is 25.2 Å². The highest BCUT2D eigenvalue weighted by Crippen LogP contribution is 2.25. The number of carbonyl (C=O) groups is 1. The molecule has 0 aliphatic heterocycles. The third kappa shape index (κ3) is 6.29. The number of carbonyl (C=O) groups excluding carboxylic acids is 1. The summed E-state index contributed by atoms with van der Waals surface area (Å²) in [5.41, 5.74) is 4.01. The Bertz CT molecular complexity index is 785. The summed E-state index contributed by atoms with van der Waals surface area (Å²) < 4.78 is 11.4. The van der Waals surface area contributed by atoms with Gasteiger partial charge in [0.15, 0.2) is 6.61 Å². The Kier molecular flexibility index (Phi) is 7.35. The second-order valence-corrected chi connectivity index (χ2v) is 7.69. The van der Waals surface area contributed by atoms with E-state index in [1.54, 1.807) is 0 Å². The molecular weight excluding hydrogens is 350 g/mol. The van der Waals surface area contributed by atoms with Crippen molar-refractivity contribution in [3.05, 3.63) is 59.2 Å². The van der Waals surface area contributed by atoms with E-state index in [9.17, 15) is 4.79 Å². The number of ether oxygens (including phenoxy) is 2. The lowest BCUT2D eigenvalue weighted by atomic mass is 9.92. The molecule has 0 bridgehead atoms. The van der Waals surface area contributed by atoms with E-state index in [1.807, 2.05) is 32.0 Å². The quantitative estimate of drug-likeness (QED) is 0.652. The van der Waals surface area contributed by atoms with Crippen LogP contribution in [-0.2, 0) is 24.1 Å². The second-order valence-electron chi connectivity index (χ2n) is 7.69. The van der Waals surface area contributed by atoms with Crippen molar-refractivity contribution in [2.75, 3.05) is 13.2 Å². The molecule has 0 spiro atoms. The highest BCUT2D eigenvalue weighted by molar-refractivity contribution is 5.77. The minimum atomic E-state index is -0.0744. The lowest BCUT2D eigenvalue weighted by Gasteiger charge is -2.16. The zero-order chi connectivity index (χ0) is 19.8. The first-order valence-electron chi connectivity index (χ1n) is 10.4. The minimum absolute atomic E-state index is 0.0660. The van der Waals surface area contributed by atoms with E-state index in [-0.39, 0.29) is 18.6 Å². The lowest BCUT2D eigenvalue weighted by Crippen LogP contribution is -2.29. The minimum Gasteiger partial charge on any atom is -0.491 e. The Morgan fingerprint density at radius 1 is 1.04 bits per heavy atom. The molecule has 1 aliphatic rings. The number of benzene rings is 2. The maximum Gasteiger partial charge on any atom is 0.257 e. The van der Waals surface area contributed by atoms with E-state index < -0.39 is 0 Å². The summed E-state index contributed by atoms with van der Waals surface area (Å²) in [5.74, 6) is 1.61. The number of hydrogen-bond acceptors (Lipinski definition) is 3. The summed E-state index contributed by atoms with van der Waals surface area (Å²) in [4.78, 5) is 12.0. The van der Waals surface area contributed by atoms with Gasteiger partial charge in [-0.3, -0.25) is 4.79 Å². The van der Waals surface area contributed by atoms with Gasteiger partial charge >= 0.3 is 0 Å². The fourth-order valence-corrected chi connectivity index (χ4v) is 3.57. The Morgan fingerprint density at radius 2 is 1.86 bits per heavy atom. The molecule has 0 heterocycles. The molecule has 3 rings (SSSR count). The van der Waals surface area contributed by atoms with Crippen molar-refractivity contribution in [1.29, 1.82) is 0 Å². The van der Waals surface area contributed by atoms with Gasteiger partial charge in [0.05, 0.1) is 6.10 Å². The Labute approximate surface area is 168 Å². The van der Waals surface area contributed by atoms with Gasteiger partial charge in [0.25, 0.3) is 5.91 Å². The Morgan fingerprint density at radius 3 is 2.68 bits per heavy atom. The number of amides is 1. The average molecular weight is 382 g/mol. The first kappa shape index (κ1) is 20.2. The molecule has 1 aliphatic carbocycles. The SMILES string of the molecule is CC(C)Oc1cccc(CCCNC(=O)COc2ccc3c(c2)CCCC3)c1. The van der Waals surface area contributed by atoms with Crippen molar-refractivity contribution in [1.82, 2.24) is 5.32 Å². The number of nitrogens with one attached hydrogen (secondary N) is 1. The molecule has 2 aromatic carbocycles. The fraction of sp³-hybridized carbons (Fsp3) is 0.458. The number of fused-ring (bicyclic) bond motifs is 1. The van der Waals surface area contributed by atoms with E-state index >= 15 is 0 Å². The first-order chi connectivity index (χ1) is 13.6. The van der Waals surface area contributed by atoms with Crippen LogP contribution in [0.5, 0.6) is 11.5 Å². The zero-order valence-corrected chi connectivity index (χ0v) is 17.0. The Hall–Kier alpha value is -2.49. The molecule has 28 heavy (non-hydrogen) atoms. The van der Waals surface area contributed by atoms with Crippen LogP contribution < -0.4 is 14.8 Å². The standard InChI is InChI=1S/C24H31NO3/c1-18(2)28-23-11-5-7-19(15-23)8-6-14-25-24(26)17-27-22-13-12-20-9-3-4-10-21(20)16-22/h5,7,11-13,15-16,18H,3-4,6,8-10,14,17H2,1-2H3,(H,25,26). The largest absolute Gasteiger partial charge is 0.491 e. The van der Waals surface area contributed by atoms with Gasteiger partial charge < -0.3 is 14.8 Å². The smallest absolute Gasteiger partial charge is 0.257 e. The predicted molar refractivity (Wildman–Crippen MR) is 112 cm³/mol. The molecule has 1 amide bonds. The van der Waals surface area contributed by atoms with E-state index in [2.05, 4.69) is 29.6 Å². The Balaban J connectivity index is 1.36. The van der Waals surface area contributed by atoms with Gasteiger partial charge in [0.2, 0.25) is 0 Å². The summed E-state index contributed by atoms with van der Waals surface area (Å²) in [5, 5.41) is 2.94. The predicted octanol–water partition coefficient (Wildman–Crippen LogP) is 4.48. The topological polar surface area (TPSA) is 47.6 Å². The van der Waals surface area contributed by atoms with Gasteiger partial charge in [-0.05, 0) is 93.3 Å². The number of aryl methyl sites for hydroxylation is 3. The second kappa shape index (κ2) is 10.2. The highest BCUT2D eigenvalue weighted by Gasteiger charge is 2.10. The molecule has 0 unspecified atom stereocenters. The van der Waals surface area contributed by atoms with Crippen molar-refractivity contribution in [2.45, 2.75) is 58.5 Å². The van der Waals surface area contributed by atoms with Crippen LogP contribution in [0.1, 0.15) is 49.8 Å². The van der Waals surface area contributed by atoms with Crippen LogP contribution in [0.25, 0.3) is 0 Å². The van der Waals surface area contributed by atoms with Crippen LogP contribution in [0.15, 0.2) is 42.5 Å². The van der Waals surface area contributed by atoms with E-state index in [1.165, 1.54) is 29.5 Å². The van der Waals surface area contributed by atoms with Crippen molar-refractivity contribution < 1.29 is 14.3 Å². The average Bonchev–Trinajstić information content (AvgIpc) is 2.69. The normalized spacial score (nSPS) is 13.1. The van der Waals surface area contributed by atoms with Gasteiger partial charge in [-0.1, -0.05) is 18.2 Å². The summed E-state index contributed by atoms with van der Waals surface area (Å²) in [6, 6.07) is 14.4. The van der Waals surface area contributed by atoms with E-state index in [4.69, 9.17) is 9.47 Å². The zero-order valence-electron chi connectivity index (χ0n) is 17.0. The molecule has 0 fully saturated rings. The molecule has 4 nitrogen and oxygen atoms in total. The van der Waals surface area contributed by atoms with Gasteiger partial charge in [-0.2, -0.15) is 0 Å². The van der Waals surface area contributed by atoms with Crippen LogP contribution >= 0.6 is 0 Å². The molecule has 0 radical (unpaired) electrons. The van der Waals surface area contributed by atoms with E-state index in [0.29, 0.717) is 6.54 Å². The van der Waals surface area contributed by atoms with Crippen LogP contribution in [0.3, 0.4) is 0 Å². The number of hydrogen-bond donors (Lipinski definition) is 1. The summed E-state index contributed by atoms with van der Waals surface area (Å²) in [6.45, 7) is 4.75. The summed E-state index contributed by atoms with van der Waals surface area (Å²) >= 11 is 0.